The van der Waals surface area contributed by atoms with Gasteiger partial charge in [0.25, 0.3) is 0 Å². The van der Waals surface area contributed by atoms with Crippen molar-refractivity contribution >= 4 is 41.3 Å². The molecule has 0 spiro atoms. The van der Waals surface area contributed by atoms with Gasteiger partial charge in [-0.05, 0) is 34.5 Å². The minimum absolute atomic E-state index is 0. The predicted octanol–water partition coefficient (Wildman–Crippen LogP) is 2.87. The average molecular weight is 391 g/mol. The first-order chi connectivity index (χ1) is 8.88. The van der Waals surface area contributed by atoms with Crippen LogP contribution in [0.1, 0.15) is 11.3 Å². The Balaban J connectivity index is 0.00000180. The summed E-state index contributed by atoms with van der Waals surface area (Å²) in [6, 6.07) is 5.98. The van der Waals surface area contributed by atoms with Crippen LogP contribution in [0.4, 0.5) is 0 Å². The van der Waals surface area contributed by atoms with Gasteiger partial charge >= 0.3 is 0 Å². The predicted molar refractivity (Wildman–Crippen MR) is 90.3 cm³/mol. The normalized spacial score (nSPS) is 10.9. The smallest absolute Gasteiger partial charge is 0.191 e. The third-order valence-corrected chi connectivity index (χ3v) is 3.24. The van der Waals surface area contributed by atoms with Crippen LogP contribution in [0.25, 0.3) is 0 Å². The van der Waals surface area contributed by atoms with Crippen LogP contribution in [0.15, 0.2) is 44.6 Å². The quantitative estimate of drug-likeness (QED) is 0.468. The second-order valence-corrected chi connectivity index (χ2v) is 4.59. The summed E-state index contributed by atoms with van der Waals surface area (Å²) in [4.78, 5) is 4.17. The van der Waals surface area contributed by atoms with E-state index in [-0.39, 0.29) is 24.0 Å². The third kappa shape index (κ3) is 5.65. The van der Waals surface area contributed by atoms with Crippen molar-refractivity contribution in [2.24, 2.45) is 4.99 Å². The van der Waals surface area contributed by atoms with Crippen molar-refractivity contribution in [3.8, 4) is 0 Å². The standard InChI is InChI=1S/C13H17N3OS.HI/c1-14-13(16-9-11-5-8-18-10-11)15-6-4-12-3-2-7-17-12;/h2-3,5,7-8,10H,4,6,9H2,1H3,(H2,14,15,16);1H. The largest absolute Gasteiger partial charge is 0.469 e. The average Bonchev–Trinajstić information content (AvgIpc) is 3.06. The molecule has 0 aliphatic carbocycles. The molecule has 2 aromatic rings. The van der Waals surface area contributed by atoms with Gasteiger partial charge in [0.15, 0.2) is 5.96 Å². The van der Waals surface area contributed by atoms with Crippen molar-refractivity contribution in [1.29, 1.82) is 0 Å². The molecule has 2 rings (SSSR count). The second kappa shape index (κ2) is 8.98. The number of nitrogens with zero attached hydrogens (tertiary/aromatic N) is 1. The number of hydrogen-bond acceptors (Lipinski definition) is 3. The summed E-state index contributed by atoms with van der Waals surface area (Å²) in [6.45, 7) is 1.60. The summed E-state index contributed by atoms with van der Waals surface area (Å²) >= 11 is 1.70. The molecule has 0 amide bonds. The van der Waals surface area contributed by atoms with Gasteiger partial charge < -0.3 is 15.1 Å². The molecule has 0 aliphatic heterocycles. The first kappa shape index (κ1) is 16.0. The Bertz CT molecular complexity index is 468. The molecule has 0 saturated heterocycles. The fourth-order valence-electron chi connectivity index (χ4n) is 1.56. The Morgan fingerprint density at radius 1 is 1.37 bits per heavy atom. The van der Waals surface area contributed by atoms with E-state index < -0.39 is 0 Å². The van der Waals surface area contributed by atoms with Crippen molar-refractivity contribution in [1.82, 2.24) is 10.6 Å². The van der Waals surface area contributed by atoms with Gasteiger partial charge in [-0.2, -0.15) is 11.3 Å². The Morgan fingerprint density at radius 2 is 2.26 bits per heavy atom. The molecule has 0 fully saturated rings. The molecule has 19 heavy (non-hydrogen) atoms. The molecule has 0 radical (unpaired) electrons. The number of rotatable bonds is 5. The second-order valence-electron chi connectivity index (χ2n) is 3.81. The van der Waals surface area contributed by atoms with Gasteiger partial charge in [-0.15, -0.1) is 24.0 Å². The van der Waals surface area contributed by atoms with Gasteiger partial charge in [0, 0.05) is 26.6 Å². The minimum atomic E-state index is 0. The zero-order valence-electron chi connectivity index (χ0n) is 10.8. The van der Waals surface area contributed by atoms with Crippen LogP contribution in [0, 0.1) is 0 Å². The molecule has 2 aromatic heterocycles. The fourth-order valence-corrected chi connectivity index (χ4v) is 2.23. The highest BCUT2D eigenvalue weighted by atomic mass is 127. The lowest BCUT2D eigenvalue weighted by Gasteiger charge is -2.10. The molecule has 0 unspecified atom stereocenters. The monoisotopic (exact) mass is 391 g/mol. The van der Waals surface area contributed by atoms with Crippen LogP contribution in [-0.4, -0.2) is 19.6 Å². The van der Waals surface area contributed by atoms with Crippen LogP contribution in [0.2, 0.25) is 0 Å². The number of nitrogens with one attached hydrogen (secondary N) is 2. The molecule has 0 aromatic carbocycles. The van der Waals surface area contributed by atoms with E-state index in [4.69, 9.17) is 4.42 Å². The Hall–Kier alpha value is -1.02. The molecule has 0 aliphatic rings. The van der Waals surface area contributed by atoms with Gasteiger partial charge in [-0.1, -0.05) is 0 Å². The van der Waals surface area contributed by atoms with E-state index in [1.807, 2.05) is 12.1 Å². The summed E-state index contributed by atoms with van der Waals surface area (Å²) < 4.78 is 5.27. The van der Waals surface area contributed by atoms with Gasteiger partial charge in [0.05, 0.1) is 6.26 Å². The van der Waals surface area contributed by atoms with Crippen molar-refractivity contribution in [2.45, 2.75) is 13.0 Å². The summed E-state index contributed by atoms with van der Waals surface area (Å²) in [5, 5.41) is 10.7. The molecule has 2 N–H and O–H groups in total. The molecular weight excluding hydrogens is 373 g/mol. The minimum Gasteiger partial charge on any atom is -0.469 e. The van der Waals surface area contributed by atoms with Crippen molar-refractivity contribution in [2.75, 3.05) is 13.6 Å². The number of hydrogen-bond donors (Lipinski definition) is 2. The number of guanidine groups is 1. The maximum atomic E-state index is 5.27. The lowest BCUT2D eigenvalue weighted by Crippen LogP contribution is -2.37. The molecular formula is C13H18IN3OS. The van der Waals surface area contributed by atoms with E-state index in [0.717, 1.165) is 31.2 Å². The topological polar surface area (TPSA) is 49.6 Å². The van der Waals surface area contributed by atoms with E-state index in [0.29, 0.717) is 0 Å². The van der Waals surface area contributed by atoms with E-state index in [1.54, 1.807) is 24.6 Å². The number of thiophene rings is 1. The summed E-state index contributed by atoms with van der Waals surface area (Å²) in [5.41, 5.74) is 1.27. The van der Waals surface area contributed by atoms with Gasteiger partial charge in [0.2, 0.25) is 0 Å². The third-order valence-electron chi connectivity index (χ3n) is 2.51. The highest BCUT2D eigenvalue weighted by Gasteiger charge is 1.99. The van der Waals surface area contributed by atoms with Crippen molar-refractivity contribution in [3.63, 3.8) is 0 Å². The molecule has 0 bridgehead atoms. The molecule has 104 valence electrons. The SMILES string of the molecule is CN=C(NCCc1ccco1)NCc1ccsc1.I. The molecule has 2 heterocycles. The Kier molecular flexibility index (Phi) is 7.57. The van der Waals surface area contributed by atoms with Crippen LogP contribution >= 0.6 is 35.3 Å². The molecule has 0 saturated carbocycles. The number of furan rings is 1. The zero-order valence-corrected chi connectivity index (χ0v) is 13.9. The fraction of sp³-hybridized carbons (Fsp3) is 0.308. The van der Waals surface area contributed by atoms with Gasteiger partial charge in [0.1, 0.15) is 5.76 Å². The van der Waals surface area contributed by atoms with Crippen LogP contribution in [0.5, 0.6) is 0 Å². The highest BCUT2D eigenvalue weighted by molar-refractivity contribution is 14.0. The summed E-state index contributed by atoms with van der Waals surface area (Å²) in [7, 11) is 1.77. The maximum absolute atomic E-state index is 5.27. The first-order valence-corrected chi connectivity index (χ1v) is 6.81. The van der Waals surface area contributed by atoms with Crippen molar-refractivity contribution < 1.29 is 4.42 Å². The summed E-state index contributed by atoms with van der Waals surface area (Å²) in [6.07, 6.45) is 2.55. The lowest BCUT2D eigenvalue weighted by molar-refractivity contribution is 0.507. The summed E-state index contributed by atoms with van der Waals surface area (Å²) in [5.74, 6) is 1.79. The Morgan fingerprint density at radius 3 is 2.89 bits per heavy atom. The van der Waals surface area contributed by atoms with Gasteiger partial charge in [-0.3, -0.25) is 4.99 Å². The van der Waals surface area contributed by atoms with Crippen LogP contribution in [0.3, 0.4) is 0 Å². The van der Waals surface area contributed by atoms with E-state index in [1.165, 1.54) is 5.56 Å². The van der Waals surface area contributed by atoms with E-state index in [9.17, 15) is 0 Å². The van der Waals surface area contributed by atoms with E-state index >= 15 is 0 Å². The molecule has 0 atom stereocenters. The lowest BCUT2D eigenvalue weighted by atomic mass is 10.3. The molecule has 6 heteroatoms. The van der Waals surface area contributed by atoms with Gasteiger partial charge in [-0.25, -0.2) is 0 Å². The number of halogens is 1. The van der Waals surface area contributed by atoms with Crippen LogP contribution < -0.4 is 10.6 Å². The van der Waals surface area contributed by atoms with Crippen LogP contribution in [-0.2, 0) is 13.0 Å². The van der Waals surface area contributed by atoms with Crippen molar-refractivity contribution in [3.05, 3.63) is 46.5 Å². The maximum Gasteiger partial charge on any atom is 0.191 e. The molecule has 4 nitrogen and oxygen atoms in total. The zero-order chi connectivity index (χ0) is 12.6. The number of aliphatic imine (C=N–C) groups is 1. The Labute approximate surface area is 134 Å². The van der Waals surface area contributed by atoms with E-state index in [2.05, 4.69) is 32.5 Å². The first-order valence-electron chi connectivity index (χ1n) is 5.86. The highest BCUT2D eigenvalue weighted by Crippen LogP contribution is 2.04.